The van der Waals surface area contributed by atoms with Crippen molar-refractivity contribution in [2.75, 3.05) is 18.0 Å². The number of pyridine rings is 1. The van der Waals surface area contributed by atoms with Crippen molar-refractivity contribution in [3.8, 4) is 5.75 Å². The van der Waals surface area contributed by atoms with E-state index in [1.54, 1.807) is 24.5 Å². The number of nitrogens with one attached hydrogen (secondary N) is 1. The Morgan fingerprint density at radius 2 is 1.94 bits per heavy atom. The van der Waals surface area contributed by atoms with Gasteiger partial charge in [0.15, 0.2) is 0 Å². The highest BCUT2D eigenvalue weighted by atomic mass is 127. The van der Waals surface area contributed by atoms with Crippen LogP contribution in [0.25, 0.3) is 0 Å². The number of benzene rings is 2. The van der Waals surface area contributed by atoms with Crippen molar-refractivity contribution in [2.45, 2.75) is 20.5 Å². The number of carbonyl (C=O) groups excluding carboxylic acids is 1. The molecule has 7 heteroatoms. The molecule has 160 valence electrons. The molecule has 0 aliphatic carbocycles. The first-order valence-corrected chi connectivity index (χ1v) is 11.2. The second-order valence-electron chi connectivity index (χ2n) is 6.75. The number of hydrogen-bond donors (Lipinski definition) is 1. The molecule has 0 aliphatic rings. The average Bonchev–Trinajstić information content (AvgIpc) is 2.81. The Balaban J connectivity index is 1.78. The topological polar surface area (TPSA) is 66.8 Å². The normalized spacial score (nSPS) is 10.8. The lowest BCUT2D eigenvalue weighted by molar-refractivity contribution is 0.0954. The molecular weight excluding hydrogens is 503 g/mol. The Kier molecular flexibility index (Phi) is 8.40. The van der Waals surface area contributed by atoms with Crippen LogP contribution >= 0.6 is 22.6 Å². The van der Waals surface area contributed by atoms with Gasteiger partial charge >= 0.3 is 0 Å². The van der Waals surface area contributed by atoms with Crippen LogP contribution < -0.4 is 15.1 Å². The summed E-state index contributed by atoms with van der Waals surface area (Å²) in [6.07, 6.45) is 4.72. The van der Waals surface area contributed by atoms with Crippen molar-refractivity contribution in [3.05, 3.63) is 87.3 Å². The van der Waals surface area contributed by atoms with Crippen molar-refractivity contribution in [1.29, 1.82) is 0 Å². The van der Waals surface area contributed by atoms with E-state index in [-0.39, 0.29) is 5.91 Å². The Bertz CT molecular complexity index is 1020. The maximum absolute atomic E-state index is 12.2. The number of hydrogen-bond acceptors (Lipinski definition) is 5. The van der Waals surface area contributed by atoms with E-state index in [9.17, 15) is 4.79 Å². The number of anilines is 1. The largest absolute Gasteiger partial charge is 0.488 e. The molecule has 1 aromatic heterocycles. The number of amides is 1. The van der Waals surface area contributed by atoms with E-state index < -0.39 is 0 Å². The zero-order valence-electron chi connectivity index (χ0n) is 17.6. The molecule has 0 radical (unpaired) electrons. The van der Waals surface area contributed by atoms with E-state index in [0.29, 0.717) is 17.9 Å². The first kappa shape index (κ1) is 22.7. The molecular formula is C24H25IN4O2. The van der Waals surface area contributed by atoms with E-state index in [4.69, 9.17) is 4.74 Å². The van der Waals surface area contributed by atoms with E-state index >= 15 is 0 Å². The number of aromatic nitrogens is 1. The summed E-state index contributed by atoms with van der Waals surface area (Å²) in [4.78, 5) is 18.4. The molecule has 2 aromatic carbocycles. The lowest BCUT2D eigenvalue weighted by atomic mass is 10.1. The molecule has 6 nitrogen and oxygen atoms in total. The summed E-state index contributed by atoms with van der Waals surface area (Å²) >= 11 is 2.28. The van der Waals surface area contributed by atoms with E-state index in [1.165, 1.54) is 9.77 Å². The highest BCUT2D eigenvalue weighted by molar-refractivity contribution is 14.1. The number of halogens is 1. The second kappa shape index (κ2) is 11.5. The van der Waals surface area contributed by atoms with Gasteiger partial charge in [-0.15, -0.1) is 0 Å². The molecule has 0 bridgehead atoms. The lowest BCUT2D eigenvalue weighted by Gasteiger charge is -2.22. The van der Waals surface area contributed by atoms with Gasteiger partial charge in [-0.05, 0) is 78.4 Å². The SMILES string of the molecule is CCN(CC)c1ccc(/C=N\NC(=O)c2cccnc2)c(OCc2ccc(I)cc2)c1. The Morgan fingerprint density at radius 3 is 2.61 bits per heavy atom. The summed E-state index contributed by atoms with van der Waals surface area (Å²) < 4.78 is 7.32. The van der Waals surface area contributed by atoms with Crippen molar-refractivity contribution >= 4 is 40.4 Å². The minimum absolute atomic E-state index is 0.314. The number of ether oxygens (including phenoxy) is 1. The summed E-state index contributed by atoms with van der Waals surface area (Å²) in [6.45, 7) is 6.50. The molecule has 3 rings (SSSR count). The number of nitrogens with zero attached hydrogens (tertiary/aromatic N) is 3. The molecule has 0 aliphatic heterocycles. The Hall–Kier alpha value is -2.94. The lowest BCUT2D eigenvalue weighted by Crippen LogP contribution is -2.21. The van der Waals surface area contributed by atoms with Crippen LogP contribution in [0.3, 0.4) is 0 Å². The maximum atomic E-state index is 12.2. The smallest absolute Gasteiger partial charge is 0.272 e. The van der Waals surface area contributed by atoms with E-state index in [1.807, 2.05) is 18.2 Å². The van der Waals surface area contributed by atoms with Crippen molar-refractivity contribution in [1.82, 2.24) is 10.4 Å². The number of rotatable bonds is 9. The third-order valence-electron chi connectivity index (χ3n) is 4.73. The van der Waals surface area contributed by atoms with Crippen LogP contribution in [-0.4, -0.2) is 30.2 Å². The van der Waals surface area contributed by atoms with Crippen molar-refractivity contribution in [3.63, 3.8) is 0 Å². The van der Waals surface area contributed by atoms with Gasteiger partial charge in [-0.25, -0.2) is 5.43 Å². The standard InChI is InChI=1S/C24H25IN4O2/c1-3-29(4-2)22-12-9-19(16-27-28-24(30)20-6-5-13-26-15-20)23(14-22)31-17-18-7-10-21(25)11-8-18/h5-16H,3-4,17H2,1-2H3,(H,28,30)/b27-16-. The van der Waals surface area contributed by atoms with Gasteiger partial charge in [0.25, 0.3) is 5.91 Å². The monoisotopic (exact) mass is 528 g/mol. The Morgan fingerprint density at radius 1 is 1.16 bits per heavy atom. The minimum atomic E-state index is -0.314. The van der Waals surface area contributed by atoms with Crippen LogP contribution in [0.2, 0.25) is 0 Å². The molecule has 1 N–H and O–H groups in total. The predicted molar refractivity (Wildman–Crippen MR) is 133 cm³/mol. The van der Waals surface area contributed by atoms with Crippen LogP contribution in [0.15, 0.2) is 72.1 Å². The van der Waals surface area contributed by atoms with Gasteiger partial charge in [-0.2, -0.15) is 5.10 Å². The molecule has 1 heterocycles. The van der Waals surface area contributed by atoms with Gasteiger partial charge in [-0.1, -0.05) is 12.1 Å². The van der Waals surface area contributed by atoms with Crippen LogP contribution in [0.5, 0.6) is 5.75 Å². The minimum Gasteiger partial charge on any atom is -0.488 e. The fraction of sp³-hybridized carbons (Fsp3) is 0.208. The van der Waals surface area contributed by atoms with Gasteiger partial charge in [0.05, 0.1) is 11.8 Å². The van der Waals surface area contributed by atoms with E-state index in [2.05, 4.69) is 81.1 Å². The zero-order chi connectivity index (χ0) is 22.1. The van der Waals surface area contributed by atoms with E-state index in [0.717, 1.165) is 29.9 Å². The Labute approximate surface area is 196 Å². The van der Waals surface area contributed by atoms with Crippen LogP contribution in [-0.2, 0) is 6.61 Å². The number of carbonyl (C=O) groups is 1. The van der Waals surface area contributed by atoms with Gasteiger partial charge in [0.1, 0.15) is 12.4 Å². The molecule has 0 fully saturated rings. The number of hydrazone groups is 1. The maximum Gasteiger partial charge on any atom is 0.272 e. The zero-order valence-corrected chi connectivity index (χ0v) is 19.7. The summed E-state index contributed by atoms with van der Waals surface area (Å²) in [6, 6.07) is 17.6. The second-order valence-corrected chi connectivity index (χ2v) is 8.00. The highest BCUT2D eigenvalue weighted by Gasteiger charge is 2.09. The third-order valence-corrected chi connectivity index (χ3v) is 5.45. The summed E-state index contributed by atoms with van der Waals surface area (Å²) in [5, 5.41) is 4.11. The summed E-state index contributed by atoms with van der Waals surface area (Å²) in [5.74, 6) is 0.396. The fourth-order valence-electron chi connectivity index (χ4n) is 3.00. The molecule has 3 aromatic rings. The molecule has 0 atom stereocenters. The highest BCUT2D eigenvalue weighted by Crippen LogP contribution is 2.26. The van der Waals surface area contributed by atoms with Gasteiger partial charge in [-0.3, -0.25) is 9.78 Å². The van der Waals surface area contributed by atoms with Gasteiger partial charge in [0.2, 0.25) is 0 Å². The molecule has 0 saturated carbocycles. The molecule has 1 amide bonds. The molecule has 0 spiro atoms. The summed E-state index contributed by atoms with van der Waals surface area (Å²) in [5.41, 5.74) is 5.94. The van der Waals surface area contributed by atoms with Gasteiger partial charge < -0.3 is 9.64 Å². The van der Waals surface area contributed by atoms with Gasteiger partial charge in [0, 0.05) is 46.4 Å². The molecule has 0 saturated heterocycles. The summed E-state index contributed by atoms with van der Waals surface area (Å²) in [7, 11) is 0. The predicted octanol–water partition coefficient (Wildman–Crippen LogP) is 4.88. The first-order chi connectivity index (χ1) is 15.1. The van der Waals surface area contributed by atoms with Crippen LogP contribution in [0.4, 0.5) is 5.69 Å². The van der Waals surface area contributed by atoms with Crippen LogP contribution in [0, 0.1) is 3.57 Å². The first-order valence-electron chi connectivity index (χ1n) is 10.1. The average molecular weight is 528 g/mol. The van der Waals surface area contributed by atoms with Crippen molar-refractivity contribution in [2.24, 2.45) is 5.10 Å². The van der Waals surface area contributed by atoms with Crippen LogP contribution in [0.1, 0.15) is 35.3 Å². The van der Waals surface area contributed by atoms with Crippen molar-refractivity contribution < 1.29 is 9.53 Å². The quantitative estimate of drug-likeness (QED) is 0.245. The molecule has 31 heavy (non-hydrogen) atoms. The molecule has 0 unspecified atom stereocenters. The fourth-order valence-corrected chi connectivity index (χ4v) is 3.36. The third kappa shape index (κ3) is 6.52.